The van der Waals surface area contributed by atoms with Crippen molar-refractivity contribution >= 4 is 17.6 Å². The van der Waals surface area contributed by atoms with Crippen LogP contribution in [0.3, 0.4) is 0 Å². The smallest absolute Gasteiger partial charge is 0.310 e. The predicted octanol–water partition coefficient (Wildman–Crippen LogP) is 2.11. The van der Waals surface area contributed by atoms with Gasteiger partial charge in [0.25, 0.3) is 0 Å². The highest BCUT2D eigenvalue weighted by Gasteiger charge is 2.16. The number of esters is 1. The molecule has 0 radical (unpaired) electrons. The largest absolute Gasteiger partial charge is 0.508 e. The van der Waals surface area contributed by atoms with Gasteiger partial charge in [-0.25, -0.2) is 0 Å². The van der Waals surface area contributed by atoms with E-state index in [-0.39, 0.29) is 24.7 Å². The summed E-state index contributed by atoms with van der Waals surface area (Å²) >= 11 is 5.71. The molecule has 1 N–H and O–H groups in total. The number of aromatic hydroxyl groups is 1. The van der Waals surface area contributed by atoms with Crippen LogP contribution in [0.1, 0.15) is 23.6 Å². The predicted molar refractivity (Wildman–Crippen MR) is 62.7 cm³/mol. The van der Waals surface area contributed by atoms with Crippen LogP contribution in [0.5, 0.6) is 5.75 Å². The number of nitrogens with zero attached hydrogens (tertiary/aromatic N) is 1. The Labute approximate surface area is 104 Å². The summed E-state index contributed by atoms with van der Waals surface area (Å²) in [6.45, 7) is 1.98. The minimum atomic E-state index is -0.444. The first-order valence-electron chi connectivity index (χ1n) is 5.09. The van der Waals surface area contributed by atoms with Crippen molar-refractivity contribution in [2.45, 2.75) is 19.2 Å². The van der Waals surface area contributed by atoms with E-state index in [4.69, 9.17) is 21.6 Å². The Kier molecular flexibility index (Phi) is 4.80. The van der Waals surface area contributed by atoms with Crippen molar-refractivity contribution in [3.8, 4) is 11.8 Å². The molecule has 0 aromatic heterocycles. The van der Waals surface area contributed by atoms with Crippen molar-refractivity contribution in [3.63, 3.8) is 0 Å². The van der Waals surface area contributed by atoms with Crippen LogP contribution in [0, 0.1) is 11.3 Å². The van der Waals surface area contributed by atoms with Crippen molar-refractivity contribution in [2.75, 3.05) is 6.61 Å². The van der Waals surface area contributed by atoms with Crippen LogP contribution in [-0.4, -0.2) is 17.7 Å². The highest BCUT2D eigenvalue weighted by molar-refractivity contribution is 6.17. The Morgan fingerprint density at radius 1 is 1.53 bits per heavy atom. The second-order valence-corrected chi connectivity index (χ2v) is 3.58. The second kappa shape index (κ2) is 6.12. The highest BCUT2D eigenvalue weighted by Crippen LogP contribution is 2.26. The topological polar surface area (TPSA) is 70.3 Å². The number of hydrogen-bond donors (Lipinski definition) is 1. The van der Waals surface area contributed by atoms with Gasteiger partial charge >= 0.3 is 5.97 Å². The van der Waals surface area contributed by atoms with E-state index in [1.165, 1.54) is 12.1 Å². The van der Waals surface area contributed by atoms with Crippen LogP contribution in [0.15, 0.2) is 12.1 Å². The summed E-state index contributed by atoms with van der Waals surface area (Å²) in [5, 5.41) is 18.6. The van der Waals surface area contributed by atoms with E-state index in [2.05, 4.69) is 0 Å². The molecule has 0 saturated heterocycles. The van der Waals surface area contributed by atoms with E-state index in [9.17, 15) is 9.90 Å². The van der Waals surface area contributed by atoms with Crippen LogP contribution < -0.4 is 0 Å². The number of carbonyl (C=O) groups excluding carboxylic acids is 1. The van der Waals surface area contributed by atoms with Gasteiger partial charge in [-0.15, -0.1) is 11.6 Å². The SMILES string of the molecule is CCOC(=O)Cc1c(C#N)ccc(O)c1CCl. The number of halogens is 1. The molecule has 1 aromatic rings. The van der Waals surface area contributed by atoms with Gasteiger partial charge in [-0.3, -0.25) is 4.79 Å². The quantitative estimate of drug-likeness (QED) is 0.659. The molecule has 0 spiro atoms. The fraction of sp³-hybridized carbons (Fsp3) is 0.333. The number of alkyl halides is 1. The number of benzene rings is 1. The van der Waals surface area contributed by atoms with Crippen LogP contribution in [0.25, 0.3) is 0 Å². The summed E-state index contributed by atoms with van der Waals surface area (Å²) in [5.41, 5.74) is 1.16. The third-order valence-electron chi connectivity index (χ3n) is 2.29. The summed E-state index contributed by atoms with van der Waals surface area (Å²) in [4.78, 5) is 11.4. The molecule has 1 aromatic carbocycles. The molecular formula is C12H12ClNO3. The lowest BCUT2D eigenvalue weighted by molar-refractivity contribution is -0.142. The molecule has 0 aliphatic heterocycles. The van der Waals surface area contributed by atoms with Crippen LogP contribution >= 0.6 is 11.6 Å². The molecule has 0 aliphatic rings. The molecule has 0 bridgehead atoms. The van der Waals surface area contributed by atoms with Gasteiger partial charge in [0.1, 0.15) is 5.75 Å². The fourth-order valence-corrected chi connectivity index (χ4v) is 1.79. The highest BCUT2D eigenvalue weighted by atomic mass is 35.5. The molecule has 17 heavy (non-hydrogen) atoms. The molecule has 0 unspecified atom stereocenters. The maximum Gasteiger partial charge on any atom is 0.310 e. The van der Waals surface area contributed by atoms with Gasteiger partial charge in [-0.05, 0) is 24.6 Å². The zero-order valence-electron chi connectivity index (χ0n) is 9.36. The van der Waals surface area contributed by atoms with Crippen molar-refractivity contribution in [3.05, 3.63) is 28.8 Å². The minimum Gasteiger partial charge on any atom is -0.508 e. The third-order valence-corrected chi connectivity index (χ3v) is 2.55. The number of rotatable bonds is 4. The molecule has 0 amide bonds. The fourth-order valence-electron chi connectivity index (χ4n) is 1.49. The lowest BCUT2D eigenvalue weighted by Crippen LogP contribution is -2.10. The Balaban J connectivity index is 3.15. The standard InChI is InChI=1S/C12H12ClNO3/c1-2-17-12(16)5-9-8(7-14)3-4-11(15)10(9)6-13/h3-4,15H,2,5-6H2,1H3. The number of hydrogen-bond acceptors (Lipinski definition) is 4. The van der Waals surface area contributed by atoms with E-state index < -0.39 is 5.97 Å². The van der Waals surface area contributed by atoms with E-state index >= 15 is 0 Å². The van der Waals surface area contributed by atoms with E-state index in [1.807, 2.05) is 6.07 Å². The summed E-state index contributed by atoms with van der Waals surface area (Å²) in [5.74, 6) is -0.421. The molecule has 0 saturated carbocycles. The summed E-state index contributed by atoms with van der Waals surface area (Å²) < 4.78 is 4.81. The first-order valence-corrected chi connectivity index (χ1v) is 5.62. The number of phenols is 1. The van der Waals surface area contributed by atoms with E-state index in [0.29, 0.717) is 16.7 Å². The summed E-state index contributed by atoms with van der Waals surface area (Å²) in [6.07, 6.45) is -0.0623. The summed E-state index contributed by atoms with van der Waals surface area (Å²) in [7, 11) is 0. The second-order valence-electron chi connectivity index (χ2n) is 3.32. The van der Waals surface area contributed by atoms with Gasteiger partial charge in [0.05, 0.1) is 30.5 Å². The van der Waals surface area contributed by atoms with Gasteiger partial charge < -0.3 is 9.84 Å². The zero-order chi connectivity index (χ0) is 12.8. The molecule has 0 aliphatic carbocycles. The lowest BCUT2D eigenvalue weighted by Gasteiger charge is -2.10. The Morgan fingerprint density at radius 2 is 2.24 bits per heavy atom. The van der Waals surface area contributed by atoms with Gasteiger partial charge in [-0.2, -0.15) is 5.26 Å². The monoisotopic (exact) mass is 253 g/mol. The van der Waals surface area contributed by atoms with E-state index in [0.717, 1.165) is 0 Å². The Hall–Kier alpha value is -1.73. The first kappa shape index (κ1) is 13.3. The normalized spacial score (nSPS) is 9.71. The molecule has 0 heterocycles. The number of carbonyl (C=O) groups is 1. The molecule has 1 rings (SSSR count). The van der Waals surface area contributed by atoms with Crippen molar-refractivity contribution < 1.29 is 14.6 Å². The minimum absolute atomic E-state index is 0.0155. The van der Waals surface area contributed by atoms with Crippen LogP contribution in [-0.2, 0) is 21.8 Å². The lowest BCUT2D eigenvalue weighted by atomic mass is 9.99. The maximum absolute atomic E-state index is 11.4. The average Bonchev–Trinajstić information content (AvgIpc) is 2.30. The molecule has 90 valence electrons. The molecular weight excluding hydrogens is 242 g/mol. The Morgan fingerprint density at radius 3 is 2.76 bits per heavy atom. The van der Waals surface area contributed by atoms with Gasteiger partial charge in [0.15, 0.2) is 0 Å². The molecule has 4 nitrogen and oxygen atoms in total. The molecule has 0 fully saturated rings. The van der Waals surface area contributed by atoms with Gasteiger partial charge in [0, 0.05) is 5.56 Å². The van der Waals surface area contributed by atoms with Crippen molar-refractivity contribution in [1.82, 2.24) is 0 Å². The average molecular weight is 254 g/mol. The van der Waals surface area contributed by atoms with E-state index in [1.54, 1.807) is 6.92 Å². The zero-order valence-corrected chi connectivity index (χ0v) is 10.1. The van der Waals surface area contributed by atoms with Crippen molar-refractivity contribution in [1.29, 1.82) is 5.26 Å². The van der Waals surface area contributed by atoms with Crippen LogP contribution in [0.4, 0.5) is 0 Å². The molecule has 5 heteroatoms. The third kappa shape index (κ3) is 3.11. The Bertz CT molecular complexity index is 466. The first-order chi connectivity index (χ1) is 8.13. The van der Waals surface area contributed by atoms with Crippen molar-refractivity contribution in [2.24, 2.45) is 0 Å². The molecule has 0 atom stereocenters. The maximum atomic E-state index is 11.4. The van der Waals surface area contributed by atoms with Crippen LogP contribution in [0.2, 0.25) is 0 Å². The number of ether oxygens (including phenoxy) is 1. The summed E-state index contributed by atoms with van der Waals surface area (Å²) in [6, 6.07) is 4.82. The van der Waals surface area contributed by atoms with Gasteiger partial charge in [0.2, 0.25) is 0 Å². The number of nitriles is 1. The van der Waals surface area contributed by atoms with Gasteiger partial charge in [-0.1, -0.05) is 0 Å². The number of phenolic OH excluding ortho intramolecular Hbond substituents is 1.